The molecule has 0 aliphatic heterocycles. The molecule has 0 amide bonds. The third-order valence-corrected chi connectivity index (χ3v) is 2.70. The van der Waals surface area contributed by atoms with Gasteiger partial charge in [-0.15, -0.1) is 0 Å². The third-order valence-electron chi connectivity index (χ3n) is 2.70. The lowest BCUT2D eigenvalue weighted by atomic mass is 10.1. The molecule has 1 aromatic carbocycles. The average molecular weight is 264 g/mol. The van der Waals surface area contributed by atoms with Crippen LogP contribution in [0, 0.1) is 0 Å². The van der Waals surface area contributed by atoms with E-state index in [1.165, 1.54) is 6.07 Å². The maximum absolute atomic E-state index is 11.1. The zero-order chi connectivity index (χ0) is 14.3. The molecule has 0 atom stereocenters. The molecule has 104 valence electrons. The van der Waals surface area contributed by atoms with E-state index in [1.54, 1.807) is 18.2 Å². The molecule has 2 N–H and O–H groups in total. The fraction of sp³-hybridized carbons (Fsp3) is 0.400. The van der Waals surface area contributed by atoms with Crippen LogP contribution in [0.3, 0.4) is 0 Å². The van der Waals surface area contributed by atoms with Gasteiger partial charge in [0, 0.05) is 5.57 Å². The largest absolute Gasteiger partial charge is 0.504 e. The summed E-state index contributed by atoms with van der Waals surface area (Å²) in [6.45, 7) is 4.29. The summed E-state index contributed by atoms with van der Waals surface area (Å²) in [5.74, 6) is -0.472. The predicted octanol–water partition coefficient (Wildman–Crippen LogP) is 3.45. The number of hydrogen-bond acceptors (Lipinski definition) is 3. The summed E-state index contributed by atoms with van der Waals surface area (Å²) in [6, 6.07) is 4.83. The van der Waals surface area contributed by atoms with Gasteiger partial charge < -0.3 is 14.9 Å². The lowest BCUT2D eigenvalue weighted by molar-refractivity contribution is -0.132. The molecule has 4 nitrogen and oxygen atoms in total. The summed E-state index contributed by atoms with van der Waals surface area (Å²) in [4.78, 5) is 11.1. The quantitative estimate of drug-likeness (QED) is 0.740. The molecule has 0 aliphatic carbocycles. The van der Waals surface area contributed by atoms with Crippen molar-refractivity contribution in [3.8, 4) is 11.5 Å². The molecule has 0 aromatic heterocycles. The number of carboxylic acid groups (broad SMARTS) is 1. The van der Waals surface area contributed by atoms with Crippen molar-refractivity contribution >= 4 is 12.0 Å². The Morgan fingerprint density at radius 1 is 1.37 bits per heavy atom. The summed E-state index contributed by atoms with van der Waals surface area (Å²) < 4.78 is 5.27. The van der Waals surface area contributed by atoms with Gasteiger partial charge in [0.1, 0.15) is 0 Å². The molecule has 0 heterocycles. The summed E-state index contributed by atoms with van der Waals surface area (Å²) in [5.41, 5.74) is 1.09. The summed E-state index contributed by atoms with van der Waals surface area (Å²) >= 11 is 0. The van der Waals surface area contributed by atoms with Crippen LogP contribution >= 0.6 is 0 Å². The standard InChI is InChI=1S/C15H20O4/c1-3-5-6-12(15(17)18)9-11-7-8-13(16)14(10-11)19-4-2/h7-10,16H,3-6H2,1-2H3,(H,17,18). The number of carboxylic acids is 1. The van der Waals surface area contributed by atoms with Crippen molar-refractivity contribution in [2.24, 2.45) is 0 Å². The van der Waals surface area contributed by atoms with Crippen molar-refractivity contribution in [1.82, 2.24) is 0 Å². The minimum Gasteiger partial charge on any atom is -0.504 e. The highest BCUT2D eigenvalue weighted by molar-refractivity contribution is 5.92. The van der Waals surface area contributed by atoms with Crippen LogP contribution in [-0.2, 0) is 4.79 Å². The molecule has 0 spiro atoms. The van der Waals surface area contributed by atoms with Gasteiger partial charge in [-0.3, -0.25) is 0 Å². The maximum atomic E-state index is 11.1. The van der Waals surface area contributed by atoms with Crippen LogP contribution < -0.4 is 4.74 Å². The number of hydrogen-bond donors (Lipinski definition) is 2. The van der Waals surface area contributed by atoms with Crippen LogP contribution in [-0.4, -0.2) is 22.8 Å². The van der Waals surface area contributed by atoms with E-state index in [9.17, 15) is 9.90 Å². The van der Waals surface area contributed by atoms with Gasteiger partial charge in [0.05, 0.1) is 6.61 Å². The Hall–Kier alpha value is -1.97. The fourth-order valence-electron chi connectivity index (χ4n) is 1.70. The highest BCUT2D eigenvalue weighted by Crippen LogP contribution is 2.28. The summed E-state index contributed by atoms with van der Waals surface area (Å²) in [5, 5.41) is 18.7. The van der Waals surface area contributed by atoms with Gasteiger partial charge >= 0.3 is 5.97 Å². The predicted molar refractivity (Wildman–Crippen MR) is 74.4 cm³/mol. The fourth-order valence-corrected chi connectivity index (χ4v) is 1.70. The van der Waals surface area contributed by atoms with Crippen LogP contribution in [0.2, 0.25) is 0 Å². The number of benzene rings is 1. The van der Waals surface area contributed by atoms with E-state index in [0.717, 1.165) is 18.4 Å². The summed E-state index contributed by atoms with van der Waals surface area (Å²) in [7, 11) is 0. The third kappa shape index (κ3) is 4.66. The molecule has 0 aliphatic rings. The van der Waals surface area contributed by atoms with Crippen molar-refractivity contribution in [3.05, 3.63) is 29.3 Å². The lowest BCUT2D eigenvalue weighted by Gasteiger charge is -2.07. The smallest absolute Gasteiger partial charge is 0.331 e. The Morgan fingerprint density at radius 3 is 2.68 bits per heavy atom. The Bertz CT molecular complexity index is 463. The van der Waals surface area contributed by atoms with Gasteiger partial charge in [-0.2, -0.15) is 0 Å². The number of phenolic OH excluding ortho intramolecular Hbond substituents is 1. The van der Waals surface area contributed by atoms with E-state index in [2.05, 4.69) is 0 Å². The normalized spacial score (nSPS) is 11.4. The first-order valence-electron chi connectivity index (χ1n) is 6.48. The van der Waals surface area contributed by atoms with Gasteiger partial charge in [0.25, 0.3) is 0 Å². The van der Waals surface area contributed by atoms with Crippen LogP contribution in [0.1, 0.15) is 38.7 Å². The second kappa shape index (κ2) is 7.46. The van der Waals surface area contributed by atoms with Gasteiger partial charge in [-0.05, 0) is 43.5 Å². The van der Waals surface area contributed by atoms with E-state index in [1.807, 2.05) is 13.8 Å². The molecular weight excluding hydrogens is 244 g/mol. The highest BCUT2D eigenvalue weighted by atomic mass is 16.5. The number of rotatable bonds is 7. The molecule has 0 radical (unpaired) electrons. The van der Waals surface area contributed by atoms with Crippen molar-refractivity contribution in [2.75, 3.05) is 6.61 Å². The Morgan fingerprint density at radius 2 is 2.11 bits per heavy atom. The molecule has 0 fully saturated rings. The Balaban J connectivity index is 2.99. The number of carbonyl (C=O) groups is 1. The number of unbranched alkanes of at least 4 members (excludes halogenated alkanes) is 1. The van der Waals surface area contributed by atoms with E-state index in [4.69, 9.17) is 9.84 Å². The average Bonchev–Trinajstić information content (AvgIpc) is 2.38. The molecule has 4 heteroatoms. The first-order chi connectivity index (χ1) is 9.08. The zero-order valence-electron chi connectivity index (χ0n) is 11.3. The minimum absolute atomic E-state index is 0.0597. The van der Waals surface area contributed by atoms with Crippen molar-refractivity contribution in [2.45, 2.75) is 33.1 Å². The van der Waals surface area contributed by atoms with Gasteiger partial charge in [-0.1, -0.05) is 19.4 Å². The highest BCUT2D eigenvalue weighted by Gasteiger charge is 2.08. The van der Waals surface area contributed by atoms with Crippen molar-refractivity contribution in [3.63, 3.8) is 0 Å². The van der Waals surface area contributed by atoms with Gasteiger partial charge in [0.2, 0.25) is 0 Å². The molecular formula is C15H20O4. The van der Waals surface area contributed by atoms with Crippen molar-refractivity contribution in [1.29, 1.82) is 0 Å². The SMILES string of the molecule is CCCCC(=Cc1ccc(O)c(OCC)c1)C(=O)O. The number of aromatic hydroxyl groups is 1. The lowest BCUT2D eigenvalue weighted by Crippen LogP contribution is -2.00. The molecule has 1 aromatic rings. The molecule has 19 heavy (non-hydrogen) atoms. The Kier molecular flexibility index (Phi) is 5.93. The topological polar surface area (TPSA) is 66.8 Å². The van der Waals surface area contributed by atoms with Crippen LogP contribution in [0.25, 0.3) is 6.08 Å². The molecule has 0 bridgehead atoms. The van der Waals surface area contributed by atoms with Crippen LogP contribution in [0.15, 0.2) is 23.8 Å². The van der Waals surface area contributed by atoms with E-state index < -0.39 is 5.97 Å². The van der Waals surface area contributed by atoms with E-state index in [0.29, 0.717) is 24.4 Å². The molecule has 0 saturated heterocycles. The zero-order valence-corrected chi connectivity index (χ0v) is 11.3. The first kappa shape index (κ1) is 15.1. The van der Waals surface area contributed by atoms with Gasteiger partial charge in [-0.25, -0.2) is 4.79 Å². The number of phenols is 1. The maximum Gasteiger partial charge on any atom is 0.331 e. The molecule has 1 rings (SSSR count). The van der Waals surface area contributed by atoms with E-state index in [-0.39, 0.29) is 5.75 Å². The van der Waals surface area contributed by atoms with Crippen LogP contribution in [0.4, 0.5) is 0 Å². The summed E-state index contributed by atoms with van der Waals surface area (Å²) in [6.07, 6.45) is 3.95. The number of aliphatic carboxylic acids is 1. The van der Waals surface area contributed by atoms with Crippen LogP contribution in [0.5, 0.6) is 11.5 Å². The second-order valence-electron chi connectivity index (χ2n) is 4.24. The molecule has 0 saturated carbocycles. The van der Waals surface area contributed by atoms with E-state index >= 15 is 0 Å². The Labute approximate surface area is 113 Å². The van der Waals surface area contributed by atoms with Gasteiger partial charge in [0.15, 0.2) is 11.5 Å². The minimum atomic E-state index is -0.903. The monoisotopic (exact) mass is 264 g/mol. The van der Waals surface area contributed by atoms with Crippen molar-refractivity contribution < 1.29 is 19.7 Å². The number of ether oxygens (including phenoxy) is 1. The second-order valence-corrected chi connectivity index (χ2v) is 4.24. The molecule has 0 unspecified atom stereocenters. The first-order valence-corrected chi connectivity index (χ1v) is 6.48.